The number of aliphatic hydroxyl groups is 2. The van der Waals surface area contributed by atoms with Gasteiger partial charge in [-0.15, -0.1) is 0 Å². The van der Waals surface area contributed by atoms with Crippen LogP contribution in [0.5, 0.6) is 0 Å². The van der Waals surface area contributed by atoms with Crippen LogP contribution >= 0.6 is 0 Å². The van der Waals surface area contributed by atoms with Crippen LogP contribution in [0.4, 0.5) is 0 Å². The molecule has 0 saturated carbocycles. The van der Waals surface area contributed by atoms with Crippen LogP contribution in [0.1, 0.15) is 181 Å². The standard InChI is InChI=1S/C35H68O6/c1-3-5-7-9-11-13-14-15-16-17-19-20-22-24-26-32(30-33(37)31-36)35(39)41-29-28-40-34(38)27-25-23-21-18-12-10-8-6-4-2/h32-33,36-37H,3-31H2,1-2H3. The molecular formula is C35H68O6. The number of unbranched alkanes of at least 4 members (excludes halogenated alkanes) is 21. The van der Waals surface area contributed by atoms with Crippen molar-refractivity contribution in [2.75, 3.05) is 19.8 Å². The summed E-state index contributed by atoms with van der Waals surface area (Å²) in [7, 11) is 0. The van der Waals surface area contributed by atoms with E-state index in [0.29, 0.717) is 12.8 Å². The summed E-state index contributed by atoms with van der Waals surface area (Å²) in [4.78, 5) is 24.6. The van der Waals surface area contributed by atoms with E-state index < -0.39 is 12.0 Å². The lowest BCUT2D eigenvalue weighted by atomic mass is 9.94. The molecule has 2 N–H and O–H groups in total. The van der Waals surface area contributed by atoms with E-state index in [4.69, 9.17) is 9.47 Å². The molecule has 6 nitrogen and oxygen atoms in total. The lowest BCUT2D eigenvalue weighted by Crippen LogP contribution is -2.26. The third-order valence-corrected chi connectivity index (χ3v) is 8.08. The van der Waals surface area contributed by atoms with Crippen molar-refractivity contribution in [2.45, 2.75) is 187 Å². The molecule has 0 amide bonds. The summed E-state index contributed by atoms with van der Waals surface area (Å²) in [5.41, 5.74) is 0. The minimum atomic E-state index is -0.923. The molecule has 0 heterocycles. The first-order chi connectivity index (χ1) is 20.0. The molecule has 0 aliphatic rings. The Hall–Kier alpha value is -1.14. The first-order valence-corrected chi connectivity index (χ1v) is 17.7. The maximum absolute atomic E-state index is 12.6. The lowest BCUT2D eigenvalue weighted by molar-refractivity contribution is -0.156. The predicted octanol–water partition coefficient (Wildman–Crippen LogP) is 9.22. The number of carbonyl (C=O) groups is 2. The van der Waals surface area contributed by atoms with E-state index in [-0.39, 0.29) is 38.2 Å². The summed E-state index contributed by atoms with van der Waals surface area (Å²) in [6.45, 7) is 4.23. The summed E-state index contributed by atoms with van der Waals surface area (Å²) in [5.74, 6) is -1.05. The Bertz CT molecular complexity index is 567. The predicted molar refractivity (Wildman–Crippen MR) is 170 cm³/mol. The van der Waals surface area contributed by atoms with Crippen LogP contribution < -0.4 is 0 Å². The minimum absolute atomic E-state index is 0.0345. The Labute approximate surface area is 253 Å². The smallest absolute Gasteiger partial charge is 0.309 e. The second-order valence-corrected chi connectivity index (χ2v) is 12.1. The van der Waals surface area contributed by atoms with Crippen molar-refractivity contribution in [3.63, 3.8) is 0 Å². The third kappa shape index (κ3) is 28.7. The van der Waals surface area contributed by atoms with Gasteiger partial charge in [-0.2, -0.15) is 0 Å². The number of aliphatic hydroxyl groups excluding tert-OH is 2. The number of ether oxygens (including phenoxy) is 2. The van der Waals surface area contributed by atoms with Gasteiger partial charge >= 0.3 is 11.9 Å². The molecule has 244 valence electrons. The molecule has 0 aromatic heterocycles. The number of hydrogen-bond acceptors (Lipinski definition) is 6. The fourth-order valence-corrected chi connectivity index (χ4v) is 5.39. The van der Waals surface area contributed by atoms with E-state index in [1.165, 1.54) is 109 Å². The van der Waals surface area contributed by atoms with Gasteiger partial charge < -0.3 is 19.7 Å². The maximum Gasteiger partial charge on any atom is 0.309 e. The molecule has 0 radical (unpaired) electrons. The van der Waals surface area contributed by atoms with Crippen LogP contribution in [0, 0.1) is 5.92 Å². The summed E-state index contributed by atoms with van der Waals surface area (Å²) < 4.78 is 10.6. The topological polar surface area (TPSA) is 93.1 Å². The minimum Gasteiger partial charge on any atom is -0.462 e. The highest BCUT2D eigenvalue weighted by molar-refractivity contribution is 5.72. The summed E-state index contributed by atoms with van der Waals surface area (Å²) >= 11 is 0. The molecule has 6 heteroatoms. The fraction of sp³-hybridized carbons (Fsp3) is 0.943. The Kier molecular flexibility index (Phi) is 30.9. The van der Waals surface area contributed by atoms with Crippen LogP contribution in [0.15, 0.2) is 0 Å². The van der Waals surface area contributed by atoms with E-state index in [0.717, 1.165) is 38.5 Å². The Balaban J connectivity index is 3.86. The van der Waals surface area contributed by atoms with Crippen LogP contribution in [-0.2, 0) is 19.1 Å². The molecule has 41 heavy (non-hydrogen) atoms. The van der Waals surface area contributed by atoms with Crippen molar-refractivity contribution >= 4 is 11.9 Å². The largest absolute Gasteiger partial charge is 0.462 e. The molecule has 0 bridgehead atoms. The van der Waals surface area contributed by atoms with Gasteiger partial charge in [-0.1, -0.05) is 155 Å². The number of hydrogen-bond donors (Lipinski definition) is 2. The van der Waals surface area contributed by atoms with Crippen LogP contribution in [-0.4, -0.2) is 48.1 Å². The van der Waals surface area contributed by atoms with E-state index in [2.05, 4.69) is 13.8 Å². The van der Waals surface area contributed by atoms with Gasteiger partial charge in [0.05, 0.1) is 18.6 Å². The third-order valence-electron chi connectivity index (χ3n) is 8.08. The summed E-state index contributed by atoms with van der Waals surface area (Å²) in [6.07, 6.45) is 29.0. The van der Waals surface area contributed by atoms with E-state index in [1.54, 1.807) is 0 Å². The average molecular weight is 585 g/mol. The zero-order valence-corrected chi connectivity index (χ0v) is 27.2. The molecule has 0 fully saturated rings. The second kappa shape index (κ2) is 31.8. The van der Waals surface area contributed by atoms with Crippen molar-refractivity contribution in [2.24, 2.45) is 5.92 Å². The molecule has 0 aliphatic heterocycles. The molecule has 0 spiro atoms. The van der Waals surface area contributed by atoms with Crippen molar-refractivity contribution < 1.29 is 29.3 Å². The summed E-state index contributed by atoms with van der Waals surface area (Å²) in [6, 6.07) is 0. The molecule has 0 aliphatic carbocycles. The molecular weight excluding hydrogens is 516 g/mol. The number of rotatable bonds is 32. The van der Waals surface area contributed by atoms with Crippen molar-refractivity contribution in [3.8, 4) is 0 Å². The molecule has 2 atom stereocenters. The Morgan fingerprint density at radius 3 is 1.39 bits per heavy atom. The van der Waals surface area contributed by atoms with E-state index in [9.17, 15) is 19.8 Å². The highest BCUT2D eigenvalue weighted by Gasteiger charge is 2.23. The van der Waals surface area contributed by atoms with Crippen molar-refractivity contribution in [3.05, 3.63) is 0 Å². The van der Waals surface area contributed by atoms with Gasteiger partial charge in [0.2, 0.25) is 0 Å². The van der Waals surface area contributed by atoms with Crippen LogP contribution in [0.25, 0.3) is 0 Å². The fourth-order valence-electron chi connectivity index (χ4n) is 5.39. The van der Waals surface area contributed by atoms with Crippen molar-refractivity contribution in [1.82, 2.24) is 0 Å². The molecule has 0 aromatic rings. The SMILES string of the molecule is CCCCCCCCCCCCCCCCC(CC(O)CO)C(=O)OCCOC(=O)CCCCCCCCCCC. The number of esters is 2. The van der Waals surface area contributed by atoms with Crippen LogP contribution in [0.2, 0.25) is 0 Å². The van der Waals surface area contributed by atoms with E-state index in [1.807, 2.05) is 0 Å². The van der Waals surface area contributed by atoms with E-state index >= 15 is 0 Å². The zero-order chi connectivity index (χ0) is 30.2. The van der Waals surface area contributed by atoms with Gasteiger partial charge in [-0.25, -0.2) is 0 Å². The summed E-state index contributed by atoms with van der Waals surface area (Å²) in [5, 5.41) is 19.1. The Morgan fingerprint density at radius 1 is 0.561 bits per heavy atom. The zero-order valence-electron chi connectivity index (χ0n) is 27.2. The van der Waals surface area contributed by atoms with Gasteiger partial charge in [-0.3, -0.25) is 9.59 Å². The highest BCUT2D eigenvalue weighted by Crippen LogP contribution is 2.20. The van der Waals surface area contributed by atoms with Gasteiger partial charge in [0.15, 0.2) is 0 Å². The van der Waals surface area contributed by atoms with Crippen LogP contribution in [0.3, 0.4) is 0 Å². The second-order valence-electron chi connectivity index (χ2n) is 12.1. The maximum atomic E-state index is 12.6. The van der Waals surface area contributed by atoms with Gasteiger partial charge in [0, 0.05) is 6.42 Å². The Morgan fingerprint density at radius 2 is 0.951 bits per heavy atom. The monoisotopic (exact) mass is 585 g/mol. The highest BCUT2D eigenvalue weighted by atomic mass is 16.6. The normalized spacial score (nSPS) is 12.8. The average Bonchev–Trinajstić information content (AvgIpc) is 2.97. The molecule has 2 unspecified atom stereocenters. The first-order valence-electron chi connectivity index (χ1n) is 17.7. The quantitative estimate of drug-likeness (QED) is 0.0605. The first kappa shape index (κ1) is 39.9. The molecule has 0 rings (SSSR count). The van der Waals surface area contributed by atoms with Gasteiger partial charge in [0.1, 0.15) is 13.2 Å². The molecule has 0 aromatic carbocycles. The number of carbonyl (C=O) groups excluding carboxylic acids is 2. The molecule has 0 saturated heterocycles. The van der Waals surface area contributed by atoms with Gasteiger partial charge in [-0.05, 0) is 19.3 Å². The van der Waals surface area contributed by atoms with Crippen molar-refractivity contribution in [1.29, 1.82) is 0 Å². The van der Waals surface area contributed by atoms with Gasteiger partial charge in [0.25, 0.3) is 0 Å². The lowest BCUT2D eigenvalue weighted by Gasteiger charge is -2.18.